The van der Waals surface area contributed by atoms with Gasteiger partial charge in [-0.3, -0.25) is 9.36 Å². The largest absolute Gasteiger partial charge is 0.490 e. The Hall–Kier alpha value is -3.47. The van der Waals surface area contributed by atoms with Gasteiger partial charge in [-0.05, 0) is 74.7 Å². The first-order valence-electron chi connectivity index (χ1n) is 13.8. The van der Waals surface area contributed by atoms with Crippen molar-refractivity contribution in [2.24, 2.45) is 4.99 Å². The number of aromatic nitrogens is 1. The van der Waals surface area contributed by atoms with Gasteiger partial charge in [-0.1, -0.05) is 85.2 Å². The second-order valence-electron chi connectivity index (χ2n) is 9.88. The first kappa shape index (κ1) is 31.0. The average molecular weight is 726 g/mol. The standard InChI is InChI=1S/C33H30Br2N2O5S/c1-5-40-26-15-23(25(35)17-27(26)42-18-21-9-13-24(34)14-10-21)16-28-31(38)37-30(22-11-7-19(3)8-12-22)29(32(39)41-6-2)20(4)36-33(37)43-28/h7-17,30H,5-6,18H2,1-4H3/b28-16-/t30-/m0/s1. The van der Waals surface area contributed by atoms with Crippen LogP contribution in [0.5, 0.6) is 11.5 Å². The maximum Gasteiger partial charge on any atom is 0.338 e. The number of aryl methyl sites for hydroxylation is 1. The number of esters is 1. The van der Waals surface area contributed by atoms with E-state index in [2.05, 4.69) is 36.9 Å². The summed E-state index contributed by atoms with van der Waals surface area (Å²) in [6.07, 6.45) is 1.81. The molecule has 0 bridgehead atoms. The minimum Gasteiger partial charge on any atom is -0.490 e. The van der Waals surface area contributed by atoms with Crippen LogP contribution in [0.1, 0.15) is 49.1 Å². The molecule has 0 spiro atoms. The molecule has 1 aromatic heterocycles. The third-order valence-corrected chi connectivity index (χ3v) is 9.07. The fourth-order valence-electron chi connectivity index (χ4n) is 4.78. The summed E-state index contributed by atoms with van der Waals surface area (Å²) in [7, 11) is 0. The highest BCUT2D eigenvalue weighted by atomic mass is 79.9. The van der Waals surface area contributed by atoms with Crippen LogP contribution < -0.4 is 24.4 Å². The van der Waals surface area contributed by atoms with Crippen LogP contribution in [0.2, 0.25) is 0 Å². The molecule has 0 amide bonds. The van der Waals surface area contributed by atoms with Crippen molar-refractivity contribution in [3.8, 4) is 11.5 Å². The van der Waals surface area contributed by atoms with Gasteiger partial charge in [-0.25, -0.2) is 9.79 Å². The van der Waals surface area contributed by atoms with Crippen molar-refractivity contribution in [1.82, 2.24) is 4.57 Å². The summed E-state index contributed by atoms with van der Waals surface area (Å²) in [6, 6.07) is 18.8. The van der Waals surface area contributed by atoms with Gasteiger partial charge in [0.25, 0.3) is 5.56 Å². The number of carbonyl (C=O) groups is 1. The van der Waals surface area contributed by atoms with Crippen molar-refractivity contribution in [3.05, 3.63) is 123 Å². The SMILES string of the molecule is CCOC(=O)C1=C(C)N=c2s/c(=C\c3cc(OCC)c(OCc4ccc(Br)cc4)cc3Br)c(=O)n2[C@H]1c1ccc(C)cc1. The number of thiazole rings is 1. The maximum atomic E-state index is 14.0. The molecule has 7 nitrogen and oxygen atoms in total. The molecule has 4 aromatic rings. The molecule has 222 valence electrons. The molecule has 0 N–H and O–H groups in total. The molecule has 0 unspecified atom stereocenters. The normalized spacial score (nSPS) is 14.7. The second kappa shape index (κ2) is 13.4. The molecule has 43 heavy (non-hydrogen) atoms. The van der Waals surface area contributed by atoms with E-state index in [0.29, 0.717) is 45.3 Å². The highest BCUT2D eigenvalue weighted by Gasteiger charge is 2.33. The number of carbonyl (C=O) groups excluding carboxylic acids is 1. The third kappa shape index (κ3) is 6.71. The van der Waals surface area contributed by atoms with E-state index in [9.17, 15) is 9.59 Å². The summed E-state index contributed by atoms with van der Waals surface area (Å²) in [4.78, 5) is 32.3. The van der Waals surface area contributed by atoms with E-state index in [1.54, 1.807) is 18.4 Å². The summed E-state index contributed by atoms with van der Waals surface area (Å²) >= 11 is 8.39. The van der Waals surface area contributed by atoms with E-state index in [1.807, 2.05) is 80.6 Å². The topological polar surface area (TPSA) is 79.1 Å². The zero-order valence-corrected chi connectivity index (χ0v) is 28.1. The number of fused-ring (bicyclic) bond motifs is 1. The molecule has 0 fully saturated rings. The molecule has 0 saturated heterocycles. The van der Waals surface area contributed by atoms with Crippen LogP contribution in [0.15, 0.2) is 90.7 Å². The summed E-state index contributed by atoms with van der Waals surface area (Å²) in [6.45, 7) is 8.49. The Bertz CT molecular complexity index is 1880. The van der Waals surface area contributed by atoms with Crippen LogP contribution in [0.3, 0.4) is 0 Å². The van der Waals surface area contributed by atoms with Crippen molar-refractivity contribution in [1.29, 1.82) is 0 Å². The molecule has 0 aliphatic carbocycles. The smallest absolute Gasteiger partial charge is 0.338 e. The lowest BCUT2D eigenvalue weighted by molar-refractivity contribution is -0.139. The van der Waals surface area contributed by atoms with E-state index in [1.165, 1.54) is 11.3 Å². The molecular weight excluding hydrogens is 696 g/mol. The molecule has 1 aliphatic heterocycles. The molecule has 0 saturated carbocycles. The Morgan fingerprint density at radius 3 is 2.35 bits per heavy atom. The van der Waals surface area contributed by atoms with Crippen molar-refractivity contribution in [2.75, 3.05) is 13.2 Å². The van der Waals surface area contributed by atoms with Gasteiger partial charge in [0.15, 0.2) is 16.3 Å². The summed E-state index contributed by atoms with van der Waals surface area (Å²) < 4.78 is 21.2. The van der Waals surface area contributed by atoms with Gasteiger partial charge >= 0.3 is 5.97 Å². The monoisotopic (exact) mass is 724 g/mol. The van der Waals surface area contributed by atoms with Crippen LogP contribution in [0, 0.1) is 6.92 Å². The first-order valence-corrected chi connectivity index (χ1v) is 16.2. The minimum absolute atomic E-state index is 0.222. The van der Waals surface area contributed by atoms with E-state index < -0.39 is 12.0 Å². The van der Waals surface area contributed by atoms with Gasteiger partial charge in [0.05, 0.1) is 35.1 Å². The number of nitrogens with zero attached hydrogens (tertiary/aromatic N) is 2. The lowest BCUT2D eigenvalue weighted by Gasteiger charge is -2.24. The molecule has 1 atom stereocenters. The van der Waals surface area contributed by atoms with Gasteiger partial charge in [-0.2, -0.15) is 0 Å². The molecule has 1 aliphatic rings. The molecule has 3 aromatic carbocycles. The van der Waals surface area contributed by atoms with Gasteiger partial charge < -0.3 is 14.2 Å². The van der Waals surface area contributed by atoms with E-state index in [4.69, 9.17) is 14.2 Å². The van der Waals surface area contributed by atoms with Crippen LogP contribution in [-0.2, 0) is 16.1 Å². The van der Waals surface area contributed by atoms with Gasteiger partial charge in [-0.15, -0.1) is 0 Å². The van der Waals surface area contributed by atoms with Crippen LogP contribution in [0.4, 0.5) is 0 Å². The number of benzene rings is 3. The molecule has 5 rings (SSSR count). The van der Waals surface area contributed by atoms with Crippen molar-refractivity contribution in [3.63, 3.8) is 0 Å². The zero-order chi connectivity index (χ0) is 30.7. The van der Waals surface area contributed by atoms with Gasteiger partial charge in [0, 0.05) is 8.95 Å². The maximum absolute atomic E-state index is 14.0. The lowest BCUT2D eigenvalue weighted by Crippen LogP contribution is -2.39. The number of rotatable bonds is 9. The fraction of sp³-hybridized carbons (Fsp3) is 0.242. The number of ether oxygens (including phenoxy) is 3. The van der Waals surface area contributed by atoms with Crippen LogP contribution in [0.25, 0.3) is 6.08 Å². The molecular formula is C33H30Br2N2O5S. The Morgan fingerprint density at radius 2 is 1.67 bits per heavy atom. The number of hydrogen-bond donors (Lipinski definition) is 0. The molecule has 10 heteroatoms. The number of allylic oxidation sites excluding steroid dienone is 1. The second-order valence-corrected chi connectivity index (χ2v) is 12.7. The Kier molecular flexibility index (Phi) is 9.68. The van der Waals surface area contributed by atoms with E-state index in [0.717, 1.165) is 31.2 Å². The number of hydrogen-bond acceptors (Lipinski definition) is 7. The molecule has 0 radical (unpaired) electrons. The van der Waals surface area contributed by atoms with Gasteiger partial charge in [0.1, 0.15) is 6.61 Å². The lowest BCUT2D eigenvalue weighted by atomic mass is 9.95. The summed E-state index contributed by atoms with van der Waals surface area (Å²) in [5.41, 5.74) is 4.30. The highest BCUT2D eigenvalue weighted by molar-refractivity contribution is 9.10. The van der Waals surface area contributed by atoms with Crippen molar-refractivity contribution >= 4 is 55.2 Å². The predicted molar refractivity (Wildman–Crippen MR) is 175 cm³/mol. The van der Waals surface area contributed by atoms with Crippen molar-refractivity contribution in [2.45, 2.75) is 40.3 Å². The average Bonchev–Trinajstić information content (AvgIpc) is 3.28. The summed E-state index contributed by atoms with van der Waals surface area (Å²) in [5, 5.41) is 0. The van der Waals surface area contributed by atoms with Crippen LogP contribution in [-0.4, -0.2) is 23.8 Å². The van der Waals surface area contributed by atoms with Crippen molar-refractivity contribution < 1.29 is 19.0 Å². The van der Waals surface area contributed by atoms with Crippen LogP contribution >= 0.6 is 43.2 Å². The highest BCUT2D eigenvalue weighted by Crippen LogP contribution is 2.35. The summed E-state index contributed by atoms with van der Waals surface area (Å²) in [5.74, 6) is 0.676. The fourth-order valence-corrected chi connectivity index (χ4v) is 6.52. The van der Waals surface area contributed by atoms with E-state index >= 15 is 0 Å². The Balaban J connectivity index is 1.58. The third-order valence-electron chi connectivity index (χ3n) is 6.87. The Morgan fingerprint density at radius 1 is 0.977 bits per heavy atom. The quantitative estimate of drug-likeness (QED) is 0.182. The van der Waals surface area contributed by atoms with Gasteiger partial charge in [0.2, 0.25) is 0 Å². The van der Waals surface area contributed by atoms with E-state index in [-0.39, 0.29) is 12.2 Å². The zero-order valence-electron chi connectivity index (χ0n) is 24.1. The minimum atomic E-state index is -0.658. The Labute approximate surface area is 270 Å². The molecule has 2 heterocycles. The predicted octanol–water partition coefficient (Wildman–Crippen LogP) is 6.61. The number of halogens is 2. The first-order chi connectivity index (χ1) is 20.7.